The number of amides is 3. The van der Waals surface area contributed by atoms with E-state index in [1.807, 2.05) is 0 Å². The number of anilines is 1. The quantitative estimate of drug-likeness (QED) is 0.522. The van der Waals surface area contributed by atoms with E-state index < -0.39 is 29.7 Å². The molecule has 0 spiro atoms. The van der Waals surface area contributed by atoms with Gasteiger partial charge in [0.15, 0.2) is 0 Å². The van der Waals surface area contributed by atoms with Crippen molar-refractivity contribution < 1.29 is 28.0 Å². The molecule has 1 aliphatic heterocycles. The van der Waals surface area contributed by atoms with Gasteiger partial charge in [-0.1, -0.05) is 25.0 Å². The smallest absolute Gasteiger partial charge is 0.368 e. The zero-order chi connectivity index (χ0) is 26.4. The second kappa shape index (κ2) is 12.1. The first-order valence-corrected chi connectivity index (χ1v) is 12.4. The summed E-state index contributed by atoms with van der Waals surface area (Å²) in [6.07, 6.45) is 2.75. The van der Waals surface area contributed by atoms with Crippen molar-refractivity contribution in [3.8, 4) is 0 Å². The third-order valence-electron chi connectivity index (χ3n) is 6.89. The zero-order valence-electron chi connectivity index (χ0n) is 20.4. The fraction of sp³-hybridized carbons (Fsp3) is 0.423. The summed E-state index contributed by atoms with van der Waals surface area (Å²) in [7, 11) is 0. The molecule has 2 aromatic carbocycles. The number of hydrogen-bond donors (Lipinski definition) is 3. The van der Waals surface area contributed by atoms with E-state index in [0.29, 0.717) is 43.9 Å². The summed E-state index contributed by atoms with van der Waals surface area (Å²) in [5.41, 5.74) is 6.40. The molecule has 4 N–H and O–H groups in total. The van der Waals surface area contributed by atoms with E-state index >= 15 is 0 Å². The third kappa shape index (κ3) is 7.01. The van der Waals surface area contributed by atoms with Crippen LogP contribution in [0.25, 0.3) is 0 Å². The maximum atomic E-state index is 13.3. The first-order valence-electron chi connectivity index (χ1n) is 12.4. The molecule has 2 fully saturated rings. The molecule has 1 saturated heterocycles. The van der Waals surface area contributed by atoms with Gasteiger partial charge in [-0.05, 0) is 54.8 Å². The van der Waals surface area contributed by atoms with Gasteiger partial charge in [0.25, 0.3) is 0 Å². The number of nitrogens with one attached hydrogen (secondary N) is 2. The van der Waals surface area contributed by atoms with Crippen molar-refractivity contribution in [3.63, 3.8) is 0 Å². The fourth-order valence-corrected chi connectivity index (χ4v) is 5.00. The number of carbonyl (C=O) groups is 3. The van der Waals surface area contributed by atoms with Crippen molar-refractivity contribution in [2.75, 3.05) is 31.5 Å². The highest BCUT2D eigenvalue weighted by Gasteiger charge is 2.38. The standard InChI is InChI=1S/C26H31F2N5O4/c27-18-7-5-17(6-8-18)23(24(29)34)31-25(35)21-3-1-2-4-22(21)32-13-15-33(16-14-32)37-26(36)30-20-11-9-19(28)10-12-20/h5-12,21-23H,1-4,13-16H2,(H2,29,34)(H,30,36)(H,31,35)/t21-,22-,23+/m1/s1. The highest BCUT2D eigenvalue weighted by molar-refractivity contribution is 5.89. The van der Waals surface area contributed by atoms with Crippen LogP contribution in [0.3, 0.4) is 0 Å². The molecule has 4 rings (SSSR count). The SMILES string of the molecule is NC(=O)[C@@H](NC(=O)[C@@H]1CCCC[C@H]1N1CCN(OC(=O)Nc2ccc(F)cc2)CC1)c1ccc(F)cc1. The van der Waals surface area contributed by atoms with Crippen LogP contribution < -0.4 is 16.4 Å². The Hall–Kier alpha value is -3.57. The summed E-state index contributed by atoms with van der Waals surface area (Å²) < 4.78 is 26.4. The van der Waals surface area contributed by atoms with Crippen molar-refractivity contribution in [2.45, 2.75) is 37.8 Å². The molecule has 0 unspecified atom stereocenters. The van der Waals surface area contributed by atoms with Crippen LogP contribution in [0.4, 0.5) is 19.3 Å². The fourth-order valence-electron chi connectivity index (χ4n) is 5.00. The van der Waals surface area contributed by atoms with Crippen LogP contribution in [-0.2, 0) is 14.4 Å². The molecule has 1 heterocycles. The van der Waals surface area contributed by atoms with Gasteiger partial charge in [-0.2, -0.15) is 0 Å². The van der Waals surface area contributed by atoms with Crippen molar-refractivity contribution in [1.29, 1.82) is 0 Å². The van der Waals surface area contributed by atoms with Gasteiger partial charge in [0.2, 0.25) is 11.8 Å². The number of hydrogen-bond acceptors (Lipinski definition) is 6. The monoisotopic (exact) mass is 515 g/mol. The second-order valence-corrected chi connectivity index (χ2v) is 9.33. The predicted molar refractivity (Wildman–Crippen MR) is 132 cm³/mol. The van der Waals surface area contributed by atoms with Crippen LogP contribution in [-0.4, -0.2) is 60.1 Å². The van der Waals surface area contributed by atoms with E-state index in [-0.39, 0.29) is 17.9 Å². The Balaban J connectivity index is 1.32. The minimum absolute atomic E-state index is 0.0225. The van der Waals surface area contributed by atoms with Gasteiger partial charge in [-0.15, -0.1) is 5.06 Å². The number of benzene rings is 2. The van der Waals surface area contributed by atoms with E-state index in [9.17, 15) is 23.2 Å². The summed E-state index contributed by atoms with van der Waals surface area (Å²) in [6.45, 7) is 2.10. The zero-order valence-corrected chi connectivity index (χ0v) is 20.4. The molecule has 2 aromatic rings. The highest BCUT2D eigenvalue weighted by atomic mass is 19.1. The lowest BCUT2D eigenvalue weighted by Crippen LogP contribution is -2.56. The number of primary amides is 1. The lowest BCUT2D eigenvalue weighted by atomic mass is 9.82. The molecule has 2 aliphatic rings. The van der Waals surface area contributed by atoms with Crippen molar-refractivity contribution >= 4 is 23.6 Å². The Labute approximate surface area is 213 Å². The number of carbonyl (C=O) groups excluding carboxylic acids is 3. The van der Waals surface area contributed by atoms with Gasteiger partial charge in [0.05, 0.1) is 5.92 Å². The molecular weight excluding hydrogens is 484 g/mol. The average Bonchev–Trinajstić information content (AvgIpc) is 2.89. The van der Waals surface area contributed by atoms with Gasteiger partial charge in [0, 0.05) is 37.9 Å². The number of piperazine rings is 1. The molecule has 37 heavy (non-hydrogen) atoms. The first kappa shape index (κ1) is 26.5. The van der Waals surface area contributed by atoms with E-state index in [0.717, 1.165) is 19.3 Å². The topological polar surface area (TPSA) is 117 Å². The molecule has 3 atom stereocenters. The minimum atomic E-state index is -1.04. The van der Waals surface area contributed by atoms with E-state index in [1.54, 1.807) is 5.06 Å². The van der Waals surface area contributed by atoms with Crippen LogP contribution in [0.2, 0.25) is 0 Å². The van der Waals surface area contributed by atoms with Gasteiger partial charge >= 0.3 is 6.09 Å². The lowest BCUT2D eigenvalue weighted by molar-refractivity contribution is -0.138. The Kier molecular flexibility index (Phi) is 8.67. The molecule has 0 radical (unpaired) electrons. The molecule has 9 nitrogen and oxygen atoms in total. The average molecular weight is 516 g/mol. The van der Waals surface area contributed by atoms with E-state index in [2.05, 4.69) is 15.5 Å². The molecular formula is C26H31F2N5O4. The molecule has 0 aromatic heterocycles. The molecule has 1 saturated carbocycles. The van der Waals surface area contributed by atoms with Gasteiger partial charge < -0.3 is 15.9 Å². The maximum absolute atomic E-state index is 13.3. The predicted octanol–water partition coefficient (Wildman–Crippen LogP) is 2.95. The first-order chi connectivity index (χ1) is 17.8. The van der Waals surface area contributed by atoms with E-state index in [4.69, 9.17) is 10.6 Å². The summed E-state index contributed by atoms with van der Waals surface area (Å²) >= 11 is 0. The van der Waals surface area contributed by atoms with Crippen LogP contribution in [0.5, 0.6) is 0 Å². The van der Waals surface area contributed by atoms with Gasteiger partial charge in [0.1, 0.15) is 17.7 Å². The summed E-state index contributed by atoms with van der Waals surface area (Å²) in [6, 6.07) is 9.65. The van der Waals surface area contributed by atoms with Crippen LogP contribution in [0, 0.1) is 17.6 Å². The highest BCUT2D eigenvalue weighted by Crippen LogP contribution is 2.30. The Bertz CT molecular complexity index is 1090. The molecule has 3 amide bonds. The van der Waals surface area contributed by atoms with Crippen LogP contribution in [0.1, 0.15) is 37.3 Å². The lowest BCUT2D eigenvalue weighted by Gasteiger charge is -2.43. The largest absolute Gasteiger partial charge is 0.430 e. The number of hydroxylamine groups is 2. The van der Waals surface area contributed by atoms with Crippen molar-refractivity contribution in [1.82, 2.24) is 15.3 Å². The third-order valence-corrected chi connectivity index (χ3v) is 6.89. The number of nitrogens with two attached hydrogens (primary N) is 1. The summed E-state index contributed by atoms with van der Waals surface area (Å²) in [5.74, 6) is -2.13. The Morgan fingerprint density at radius 3 is 2.11 bits per heavy atom. The van der Waals surface area contributed by atoms with Gasteiger partial charge in [-0.25, -0.2) is 13.6 Å². The van der Waals surface area contributed by atoms with E-state index in [1.165, 1.54) is 48.5 Å². The normalized spacial score (nSPS) is 21.6. The molecule has 11 heteroatoms. The van der Waals surface area contributed by atoms with Crippen LogP contribution in [0.15, 0.2) is 48.5 Å². The number of nitrogens with zero attached hydrogens (tertiary/aromatic N) is 2. The molecule has 0 bridgehead atoms. The molecule has 1 aliphatic carbocycles. The minimum Gasteiger partial charge on any atom is -0.368 e. The van der Waals surface area contributed by atoms with Gasteiger partial charge in [-0.3, -0.25) is 19.8 Å². The molecule has 198 valence electrons. The second-order valence-electron chi connectivity index (χ2n) is 9.33. The van der Waals surface area contributed by atoms with Crippen molar-refractivity contribution in [3.05, 3.63) is 65.7 Å². The summed E-state index contributed by atoms with van der Waals surface area (Å²) in [5, 5.41) is 6.90. The maximum Gasteiger partial charge on any atom is 0.430 e. The Morgan fingerprint density at radius 2 is 1.49 bits per heavy atom. The number of halogens is 2. The van der Waals surface area contributed by atoms with Crippen LogP contribution >= 0.6 is 0 Å². The summed E-state index contributed by atoms with van der Waals surface area (Å²) in [4.78, 5) is 45.1. The van der Waals surface area contributed by atoms with Crippen molar-refractivity contribution in [2.24, 2.45) is 11.7 Å². The number of rotatable bonds is 7. The Morgan fingerprint density at radius 1 is 0.892 bits per heavy atom.